The first-order valence-corrected chi connectivity index (χ1v) is 8.09. The van der Waals surface area contributed by atoms with E-state index in [0.29, 0.717) is 12.0 Å². The number of hydrogen-bond acceptors (Lipinski definition) is 3. The highest BCUT2D eigenvalue weighted by Crippen LogP contribution is 2.22. The Balaban J connectivity index is 1.85. The minimum atomic E-state index is -0.753. The molecule has 1 amide bonds. The average Bonchev–Trinajstić information content (AvgIpc) is 3.05. The molecule has 0 unspecified atom stereocenters. The zero-order valence-electron chi connectivity index (χ0n) is 14.2. The second kappa shape index (κ2) is 7.21. The lowest BCUT2D eigenvalue weighted by atomic mass is 10.0. The largest absolute Gasteiger partial charge is 0.467 e. The fourth-order valence-electron chi connectivity index (χ4n) is 2.92. The van der Waals surface area contributed by atoms with Crippen molar-refractivity contribution < 1.29 is 14.3 Å². The summed E-state index contributed by atoms with van der Waals surface area (Å²) in [7, 11) is 1.32. The minimum absolute atomic E-state index is 0.299. The summed E-state index contributed by atoms with van der Waals surface area (Å²) in [4.78, 5) is 27.8. The number of aromatic amines is 1. The van der Waals surface area contributed by atoms with Gasteiger partial charge in [-0.2, -0.15) is 0 Å². The highest BCUT2D eigenvalue weighted by atomic mass is 16.5. The van der Waals surface area contributed by atoms with Crippen molar-refractivity contribution in [1.82, 2.24) is 10.3 Å². The second-order valence-corrected chi connectivity index (χ2v) is 5.93. The molecular weight excluding hydrogens is 316 g/mol. The summed E-state index contributed by atoms with van der Waals surface area (Å²) in [6.45, 7) is 2.03. The van der Waals surface area contributed by atoms with Crippen molar-refractivity contribution in [3.05, 3.63) is 71.4 Å². The maximum atomic E-state index is 12.4. The van der Waals surface area contributed by atoms with E-state index in [0.717, 1.165) is 22.0 Å². The molecule has 0 aliphatic rings. The van der Waals surface area contributed by atoms with Gasteiger partial charge in [0.05, 0.1) is 7.11 Å². The van der Waals surface area contributed by atoms with Crippen LogP contribution in [-0.4, -0.2) is 30.0 Å². The molecule has 0 aliphatic heterocycles. The van der Waals surface area contributed by atoms with Crippen molar-refractivity contribution in [2.45, 2.75) is 19.4 Å². The van der Waals surface area contributed by atoms with Crippen molar-refractivity contribution in [3.63, 3.8) is 0 Å². The van der Waals surface area contributed by atoms with Crippen LogP contribution in [0.15, 0.2) is 54.7 Å². The van der Waals surface area contributed by atoms with Crippen LogP contribution >= 0.6 is 0 Å². The number of aryl methyl sites for hydroxylation is 1. The lowest BCUT2D eigenvalue weighted by Crippen LogP contribution is -2.43. The number of hydrogen-bond donors (Lipinski definition) is 2. The molecule has 25 heavy (non-hydrogen) atoms. The summed E-state index contributed by atoms with van der Waals surface area (Å²) in [6.07, 6.45) is 2.23. The number of carbonyl (C=O) groups excluding carboxylic acids is 2. The smallest absolute Gasteiger partial charge is 0.328 e. The standard InChI is InChI=1S/C20H20N2O3/c1-13-7-6-10-16-15(12-21-18(13)16)11-17(20(24)25-2)22-19(23)14-8-4-3-5-9-14/h3-10,12,17,21H,11H2,1-2H3,(H,22,23)/t17-/m0/s1. The van der Waals surface area contributed by atoms with Gasteiger partial charge in [-0.3, -0.25) is 4.79 Å². The fraction of sp³-hybridized carbons (Fsp3) is 0.200. The molecule has 0 radical (unpaired) electrons. The first kappa shape index (κ1) is 16.8. The Morgan fingerprint density at radius 1 is 1.12 bits per heavy atom. The topological polar surface area (TPSA) is 71.2 Å². The molecule has 1 atom stereocenters. The van der Waals surface area contributed by atoms with E-state index in [1.807, 2.05) is 37.4 Å². The van der Waals surface area contributed by atoms with Gasteiger partial charge in [0.15, 0.2) is 0 Å². The summed E-state index contributed by atoms with van der Waals surface area (Å²) < 4.78 is 4.87. The number of nitrogens with one attached hydrogen (secondary N) is 2. The summed E-state index contributed by atoms with van der Waals surface area (Å²) in [5.41, 5.74) is 3.64. The lowest BCUT2D eigenvalue weighted by Gasteiger charge is -2.16. The minimum Gasteiger partial charge on any atom is -0.467 e. The number of methoxy groups -OCH3 is 1. The molecule has 2 aromatic carbocycles. The van der Waals surface area contributed by atoms with Crippen LogP contribution in [0.5, 0.6) is 0 Å². The monoisotopic (exact) mass is 336 g/mol. The van der Waals surface area contributed by atoms with Crippen molar-refractivity contribution in [1.29, 1.82) is 0 Å². The van der Waals surface area contributed by atoms with Gasteiger partial charge in [-0.15, -0.1) is 0 Å². The Hall–Kier alpha value is -3.08. The predicted octanol–water partition coefficient (Wildman–Crippen LogP) is 2.99. The molecule has 0 saturated carbocycles. The number of benzene rings is 2. The van der Waals surface area contributed by atoms with Crippen molar-refractivity contribution in [3.8, 4) is 0 Å². The SMILES string of the molecule is COC(=O)[C@H](Cc1c[nH]c2c(C)cccc12)NC(=O)c1ccccc1. The molecule has 3 aromatic rings. The zero-order valence-corrected chi connectivity index (χ0v) is 14.2. The van der Waals surface area contributed by atoms with Gasteiger partial charge >= 0.3 is 5.97 Å². The lowest BCUT2D eigenvalue weighted by molar-refractivity contribution is -0.142. The van der Waals surface area contributed by atoms with E-state index < -0.39 is 12.0 Å². The van der Waals surface area contributed by atoms with Crippen molar-refractivity contribution in [2.75, 3.05) is 7.11 Å². The summed E-state index contributed by atoms with van der Waals surface area (Å²) >= 11 is 0. The van der Waals surface area contributed by atoms with Gasteiger partial charge in [-0.1, -0.05) is 36.4 Å². The van der Waals surface area contributed by atoms with Gasteiger partial charge < -0.3 is 15.0 Å². The van der Waals surface area contributed by atoms with E-state index in [1.54, 1.807) is 24.3 Å². The Labute approximate surface area is 146 Å². The molecule has 0 fully saturated rings. The van der Waals surface area contributed by atoms with Crippen LogP contribution in [-0.2, 0) is 16.0 Å². The number of H-pyrrole nitrogens is 1. The van der Waals surface area contributed by atoms with E-state index in [-0.39, 0.29) is 5.91 Å². The zero-order chi connectivity index (χ0) is 17.8. The number of carbonyl (C=O) groups is 2. The quantitative estimate of drug-likeness (QED) is 0.704. The number of rotatable bonds is 5. The molecule has 1 heterocycles. The van der Waals surface area contributed by atoms with Crippen LogP contribution in [0.4, 0.5) is 0 Å². The fourth-order valence-corrected chi connectivity index (χ4v) is 2.92. The molecule has 0 saturated heterocycles. The Bertz CT molecular complexity index is 900. The molecular formula is C20H20N2O3. The molecule has 5 heteroatoms. The average molecular weight is 336 g/mol. The number of amides is 1. The van der Waals surface area contributed by atoms with Crippen molar-refractivity contribution in [2.24, 2.45) is 0 Å². The van der Waals surface area contributed by atoms with Gasteiger partial charge in [0.1, 0.15) is 6.04 Å². The van der Waals surface area contributed by atoms with Crippen LogP contribution in [0.1, 0.15) is 21.5 Å². The van der Waals surface area contributed by atoms with E-state index >= 15 is 0 Å². The van der Waals surface area contributed by atoms with Crippen molar-refractivity contribution >= 4 is 22.8 Å². The van der Waals surface area contributed by atoms with Crippen LogP contribution in [0.2, 0.25) is 0 Å². The molecule has 3 rings (SSSR count). The summed E-state index contributed by atoms with van der Waals surface area (Å²) in [6, 6.07) is 14.1. The molecule has 128 valence electrons. The molecule has 0 bridgehead atoms. The summed E-state index contributed by atoms with van der Waals surface area (Å²) in [5.74, 6) is -0.765. The van der Waals surface area contributed by atoms with Gasteiger partial charge in [-0.05, 0) is 30.2 Å². The van der Waals surface area contributed by atoms with Crippen LogP contribution in [0.3, 0.4) is 0 Å². The Kier molecular flexibility index (Phi) is 4.84. The van der Waals surface area contributed by atoms with Gasteiger partial charge in [0, 0.05) is 29.1 Å². The Morgan fingerprint density at radius 2 is 1.88 bits per heavy atom. The molecule has 2 N–H and O–H groups in total. The number of fused-ring (bicyclic) bond motifs is 1. The number of esters is 1. The normalized spacial score (nSPS) is 11.9. The van der Waals surface area contributed by atoms with Crippen LogP contribution in [0.25, 0.3) is 10.9 Å². The number of aromatic nitrogens is 1. The maximum absolute atomic E-state index is 12.4. The highest BCUT2D eigenvalue weighted by molar-refractivity contribution is 5.97. The third-order valence-corrected chi connectivity index (χ3v) is 4.26. The first-order chi connectivity index (χ1) is 12.1. The van der Waals surface area contributed by atoms with Crippen LogP contribution < -0.4 is 5.32 Å². The first-order valence-electron chi connectivity index (χ1n) is 8.09. The van der Waals surface area contributed by atoms with E-state index in [2.05, 4.69) is 10.3 Å². The van der Waals surface area contributed by atoms with E-state index in [4.69, 9.17) is 4.74 Å². The molecule has 5 nitrogen and oxygen atoms in total. The van der Waals surface area contributed by atoms with E-state index in [9.17, 15) is 9.59 Å². The van der Waals surface area contributed by atoms with Gasteiger partial charge in [0.25, 0.3) is 5.91 Å². The number of ether oxygens (including phenoxy) is 1. The number of para-hydroxylation sites is 1. The second-order valence-electron chi connectivity index (χ2n) is 5.93. The third-order valence-electron chi connectivity index (χ3n) is 4.26. The maximum Gasteiger partial charge on any atom is 0.328 e. The molecule has 0 spiro atoms. The summed E-state index contributed by atoms with van der Waals surface area (Å²) in [5, 5.41) is 3.82. The van der Waals surface area contributed by atoms with E-state index in [1.165, 1.54) is 7.11 Å². The molecule has 0 aliphatic carbocycles. The van der Waals surface area contributed by atoms with Gasteiger partial charge in [0.2, 0.25) is 0 Å². The van der Waals surface area contributed by atoms with Crippen LogP contribution in [0, 0.1) is 6.92 Å². The molecule has 1 aromatic heterocycles. The third kappa shape index (κ3) is 3.55. The Morgan fingerprint density at radius 3 is 2.60 bits per heavy atom. The highest BCUT2D eigenvalue weighted by Gasteiger charge is 2.24. The predicted molar refractivity (Wildman–Crippen MR) is 96.5 cm³/mol. The van der Waals surface area contributed by atoms with Gasteiger partial charge in [-0.25, -0.2) is 4.79 Å².